The lowest BCUT2D eigenvalue weighted by molar-refractivity contribution is 0.588. The van der Waals surface area contributed by atoms with Crippen molar-refractivity contribution in [2.75, 3.05) is 0 Å². The van der Waals surface area contributed by atoms with Gasteiger partial charge in [-0.25, -0.2) is 4.98 Å². The molecule has 0 amide bonds. The minimum atomic E-state index is -0.110. The predicted molar refractivity (Wildman–Crippen MR) is 68.8 cm³/mol. The Morgan fingerprint density at radius 3 is 2.71 bits per heavy atom. The summed E-state index contributed by atoms with van der Waals surface area (Å²) in [6.45, 7) is 8.40. The molecule has 2 aromatic heterocycles. The summed E-state index contributed by atoms with van der Waals surface area (Å²) in [5.41, 5.74) is 3.15. The van der Waals surface area contributed by atoms with Crippen LogP contribution in [0.3, 0.4) is 0 Å². The topological polar surface area (TPSA) is 52.5 Å². The van der Waals surface area contributed by atoms with Crippen LogP contribution in [0, 0.1) is 11.3 Å². The Morgan fingerprint density at radius 1 is 1.41 bits per heavy atom. The molecule has 2 aromatic rings. The molecular weight excluding hydrogens is 210 g/mol. The fourth-order valence-electron chi connectivity index (χ4n) is 1.86. The van der Waals surface area contributed by atoms with Crippen LogP contribution in [0.5, 0.6) is 0 Å². The van der Waals surface area contributed by atoms with Crippen LogP contribution in [-0.2, 0) is 5.41 Å². The first-order valence-corrected chi connectivity index (χ1v) is 5.80. The lowest BCUT2D eigenvalue weighted by Gasteiger charge is -2.18. The standard InChI is InChI=1S/C14H17N3/c1-9(6-15)12-8-17-13-11(12)5-10(7-16-13)14(2,3)4/h5,7-9H,1-4H3,(H,16,17)/t9-/m0/s1. The molecule has 3 heteroatoms. The van der Waals surface area contributed by atoms with Crippen molar-refractivity contribution in [3.63, 3.8) is 0 Å². The molecule has 0 unspecified atom stereocenters. The van der Waals surface area contributed by atoms with Gasteiger partial charge in [0, 0.05) is 17.8 Å². The molecule has 0 saturated heterocycles. The molecule has 1 atom stereocenters. The van der Waals surface area contributed by atoms with Gasteiger partial charge in [0.1, 0.15) is 5.65 Å². The predicted octanol–water partition coefficient (Wildman–Crippen LogP) is 3.49. The number of pyridine rings is 1. The van der Waals surface area contributed by atoms with Crippen molar-refractivity contribution in [3.05, 3.63) is 29.6 Å². The van der Waals surface area contributed by atoms with Crippen LogP contribution in [0.4, 0.5) is 0 Å². The minimum absolute atomic E-state index is 0.0750. The second kappa shape index (κ2) is 3.89. The number of aromatic amines is 1. The first-order valence-electron chi connectivity index (χ1n) is 5.80. The van der Waals surface area contributed by atoms with Gasteiger partial charge in [-0.1, -0.05) is 20.8 Å². The van der Waals surface area contributed by atoms with E-state index in [0.717, 1.165) is 16.6 Å². The van der Waals surface area contributed by atoms with Gasteiger partial charge in [-0.05, 0) is 29.5 Å². The Balaban J connectivity index is 2.63. The van der Waals surface area contributed by atoms with Crippen LogP contribution in [0.1, 0.15) is 44.7 Å². The van der Waals surface area contributed by atoms with E-state index in [4.69, 9.17) is 5.26 Å². The molecule has 0 fully saturated rings. The van der Waals surface area contributed by atoms with Gasteiger partial charge in [-0.3, -0.25) is 0 Å². The van der Waals surface area contributed by atoms with E-state index in [-0.39, 0.29) is 11.3 Å². The zero-order chi connectivity index (χ0) is 12.6. The minimum Gasteiger partial charge on any atom is -0.346 e. The fraction of sp³-hybridized carbons (Fsp3) is 0.429. The zero-order valence-corrected chi connectivity index (χ0v) is 10.7. The second-order valence-electron chi connectivity index (χ2n) is 5.46. The maximum absolute atomic E-state index is 9.01. The Kier molecular flexibility index (Phi) is 2.66. The van der Waals surface area contributed by atoms with E-state index in [9.17, 15) is 0 Å². The number of hydrogen-bond donors (Lipinski definition) is 1. The van der Waals surface area contributed by atoms with Gasteiger partial charge in [0.2, 0.25) is 0 Å². The van der Waals surface area contributed by atoms with Gasteiger partial charge >= 0.3 is 0 Å². The number of hydrogen-bond acceptors (Lipinski definition) is 2. The third-order valence-corrected chi connectivity index (χ3v) is 3.09. The molecule has 0 spiro atoms. The van der Waals surface area contributed by atoms with Gasteiger partial charge in [0.05, 0.1) is 12.0 Å². The van der Waals surface area contributed by atoms with Crippen LogP contribution < -0.4 is 0 Å². The number of nitrogens with zero attached hydrogens (tertiary/aromatic N) is 2. The average Bonchev–Trinajstić information content (AvgIpc) is 2.69. The molecule has 0 aliphatic heterocycles. The van der Waals surface area contributed by atoms with Gasteiger partial charge < -0.3 is 4.98 Å². The highest BCUT2D eigenvalue weighted by molar-refractivity contribution is 5.81. The zero-order valence-electron chi connectivity index (χ0n) is 10.7. The second-order valence-corrected chi connectivity index (χ2v) is 5.46. The van der Waals surface area contributed by atoms with Gasteiger partial charge in [-0.2, -0.15) is 5.26 Å². The first kappa shape index (κ1) is 11.7. The summed E-state index contributed by atoms with van der Waals surface area (Å²) in [6.07, 6.45) is 3.79. The number of fused-ring (bicyclic) bond motifs is 1. The molecule has 0 aromatic carbocycles. The van der Waals surface area contributed by atoms with Crippen molar-refractivity contribution < 1.29 is 0 Å². The molecule has 1 N–H and O–H groups in total. The Hall–Kier alpha value is -1.82. The van der Waals surface area contributed by atoms with Crippen molar-refractivity contribution in [1.82, 2.24) is 9.97 Å². The van der Waals surface area contributed by atoms with E-state index in [1.165, 1.54) is 5.56 Å². The lowest BCUT2D eigenvalue weighted by atomic mass is 9.87. The highest BCUT2D eigenvalue weighted by Gasteiger charge is 2.17. The number of rotatable bonds is 1. The molecule has 88 valence electrons. The first-order chi connectivity index (χ1) is 7.93. The van der Waals surface area contributed by atoms with E-state index in [2.05, 4.69) is 42.9 Å². The van der Waals surface area contributed by atoms with Crippen molar-refractivity contribution in [2.24, 2.45) is 0 Å². The number of H-pyrrole nitrogens is 1. The molecule has 0 bridgehead atoms. The highest BCUT2D eigenvalue weighted by Crippen LogP contribution is 2.29. The molecule has 0 aliphatic rings. The summed E-state index contributed by atoms with van der Waals surface area (Å²) < 4.78 is 0. The van der Waals surface area contributed by atoms with Crippen LogP contribution in [0.2, 0.25) is 0 Å². The van der Waals surface area contributed by atoms with E-state index in [1.807, 2.05) is 19.3 Å². The van der Waals surface area contributed by atoms with E-state index in [1.54, 1.807) is 0 Å². The average molecular weight is 227 g/mol. The summed E-state index contributed by atoms with van der Waals surface area (Å²) in [7, 11) is 0. The smallest absolute Gasteiger partial charge is 0.137 e. The molecule has 3 nitrogen and oxygen atoms in total. The number of aromatic nitrogens is 2. The third kappa shape index (κ3) is 2.03. The SMILES string of the molecule is C[C@@H](C#N)c1c[nH]c2ncc(C(C)(C)C)cc12. The Labute approximate surface area is 101 Å². The molecule has 17 heavy (non-hydrogen) atoms. The van der Waals surface area contributed by atoms with Crippen molar-refractivity contribution in [1.29, 1.82) is 5.26 Å². The van der Waals surface area contributed by atoms with Crippen LogP contribution in [0.15, 0.2) is 18.5 Å². The largest absolute Gasteiger partial charge is 0.346 e. The number of nitrogens with one attached hydrogen (secondary N) is 1. The van der Waals surface area contributed by atoms with Gasteiger partial charge in [0.15, 0.2) is 0 Å². The quantitative estimate of drug-likeness (QED) is 0.810. The normalized spacial score (nSPS) is 13.6. The molecule has 0 aliphatic carbocycles. The summed E-state index contributed by atoms with van der Waals surface area (Å²) in [5, 5.41) is 10.1. The number of nitriles is 1. The van der Waals surface area contributed by atoms with Gasteiger partial charge in [0.25, 0.3) is 0 Å². The molecular formula is C14H17N3. The van der Waals surface area contributed by atoms with Gasteiger partial charge in [-0.15, -0.1) is 0 Å². The van der Waals surface area contributed by atoms with E-state index >= 15 is 0 Å². The van der Waals surface area contributed by atoms with E-state index < -0.39 is 0 Å². The maximum Gasteiger partial charge on any atom is 0.137 e. The molecule has 0 radical (unpaired) electrons. The Bertz CT molecular complexity index is 582. The van der Waals surface area contributed by atoms with Crippen LogP contribution in [-0.4, -0.2) is 9.97 Å². The summed E-state index contributed by atoms with van der Waals surface area (Å²) in [5.74, 6) is -0.110. The fourth-order valence-corrected chi connectivity index (χ4v) is 1.86. The molecule has 0 saturated carbocycles. The maximum atomic E-state index is 9.01. The van der Waals surface area contributed by atoms with Crippen molar-refractivity contribution >= 4 is 11.0 Å². The monoisotopic (exact) mass is 227 g/mol. The van der Waals surface area contributed by atoms with E-state index in [0.29, 0.717) is 0 Å². The lowest BCUT2D eigenvalue weighted by Crippen LogP contribution is -2.11. The summed E-state index contributed by atoms with van der Waals surface area (Å²) in [6, 6.07) is 4.41. The van der Waals surface area contributed by atoms with Crippen molar-refractivity contribution in [2.45, 2.75) is 39.0 Å². The van der Waals surface area contributed by atoms with Crippen molar-refractivity contribution in [3.8, 4) is 6.07 Å². The van der Waals surface area contributed by atoms with Crippen LogP contribution in [0.25, 0.3) is 11.0 Å². The Morgan fingerprint density at radius 2 is 2.12 bits per heavy atom. The third-order valence-electron chi connectivity index (χ3n) is 3.09. The highest BCUT2D eigenvalue weighted by atomic mass is 14.8. The molecule has 2 rings (SSSR count). The molecule has 2 heterocycles. The summed E-state index contributed by atoms with van der Waals surface area (Å²) >= 11 is 0. The summed E-state index contributed by atoms with van der Waals surface area (Å²) in [4.78, 5) is 7.54. The van der Waals surface area contributed by atoms with Crippen LogP contribution >= 0.6 is 0 Å².